The van der Waals surface area contributed by atoms with Gasteiger partial charge in [-0.3, -0.25) is 4.79 Å². The summed E-state index contributed by atoms with van der Waals surface area (Å²) in [4.78, 5) is 17.6. The quantitative estimate of drug-likeness (QED) is 0.276. The fraction of sp³-hybridized carbons (Fsp3) is 0.154. The van der Waals surface area contributed by atoms with Crippen molar-refractivity contribution in [3.8, 4) is 11.5 Å². The molecule has 0 unspecified atom stereocenters. The van der Waals surface area contributed by atoms with Crippen molar-refractivity contribution < 1.29 is 14.3 Å². The Morgan fingerprint density at radius 3 is 2.52 bits per heavy atom. The predicted octanol–water partition coefficient (Wildman–Crippen LogP) is 6.39. The molecule has 0 aliphatic carbocycles. The molecule has 5 nitrogen and oxygen atoms in total. The van der Waals surface area contributed by atoms with Crippen molar-refractivity contribution in [2.24, 2.45) is 4.99 Å². The molecule has 1 N–H and O–H groups in total. The molecule has 7 heteroatoms. The van der Waals surface area contributed by atoms with Gasteiger partial charge < -0.3 is 14.8 Å². The first kappa shape index (κ1) is 23.4. The van der Waals surface area contributed by atoms with Crippen LogP contribution in [0.1, 0.15) is 22.3 Å². The van der Waals surface area contributed by atoms with Gasteiger partial charge >= 0.3 is 0 Å². The molecule has 1 aliphatic rings. The number of carbonyl (C=O) groups is 1. The molecule has 0 atom stereocenters. The first-order chi connectivity index (χ1) is 15.9. The molecule has 3 aromatic rings. The van der Waals surface area contributed by atoms with Crippen LogP contribution in [0.15, 0.2) is 70.6 Å². The summed E-state index contributed by atoms with van der Waals surface area (Å²) < 4.78 is 12.7. The van der Waals surface area contributed by atoms with E-state index in [2.05, 4.69) is 39.8 Å². The maximum Gasteiger partial charge on any atom is 0.264 e. The number of nitrogens with zero attached hydrogens (tertiary/aromatic N) is 1. The number of amides is 1. The van der Waals surface area contributed by atoms with Gasteiger partial charge in [0, 0.05) is 3.57 Å². The summed E-state index contributed by atoms with van der Waals surface area (Å²) in [6, 6.07) is 19.8. The van der Waals surface area contributed by atoms with Gasteiger partial charge in [-0.15, -0.1) is 0 Å². The van der Waals surface area contributed by atoms with Crippen LogP contribution in [0, 0.1) is 17.4 Å². The first-order valence-electron chi connectivity index (χ1n) is 10.3. The number of hydrogen-bond donors (Lipinski definition) is 1. The van der Waals surface area contributed by atoms with Gasteiger partial charge in [-0.2, -0.15) is 0 Å². The third-order valence-electron chi connectivity index (χ3n) is 5.17. The average molecular weight is 570 g/mol. The van der Waals surface area contributed by atoms with Crippen molar-refractivity contribution in [2.45, 2.75) is 20.5 Å². The highest BCUT2D eigenvalue weighted by atomic mass is 127. The van der Waals surface area contributed by atoms with Crippen LogP contribution >= 0.6 is 34.4 Å². The molecule has 33 heavy (non-hydrogen) atoms. The number of thioether (sulfide) groups is 1. The van der Waals surface area contributed by atoms with E-state index in [9.17, 15) is 4.79 Å². The van der Waals surface area contributed by atoms with E-state index in [0.29, 0.717) is 28.2 Å². The lowest BCUT2D eigenvalue weighted by Gasteiger charge is -2.11. The summed E-state index contributed by atoms with van der Waals surface area (Å²) in [7, 11) is 1.61. The summed E-state index contributed by atoms with van der Waals surface area (Å²) in [5.74, 6) is 1.10. The van der Waals surface area contributed by atoms with Crippen molar-refractivity contribution in [1.82, 2.24) is 5.32 Å². The monoisotopic (exact) mass is 570 g/mol. The number of carbonyl (C=O) groups excluding carboxylic acids is 1. The topological polar surface area (TPSA) is 59.9 Å². The van der Waals surface area contributed by atoms with Crippen LogP contribution in [0.2, 0.25) is 0 Å². The molecule has 1 amide bonds. The van der Waals surface area contributed by atoms with Crippen molar-refractivity contribution in [3.05, 3.63) is 91.4 Å². The summed E-state index contributed by atoms with van der Waals surface area (Å²) in [5, 5.41) is 3.41. The number of hydrogen-bond acceptors (Lipinski definition) is 5. The first-order valence-corrected chi connectivity index (χ1v) is 12.2. The largest absolute Gasteiger partial charge is 0.493 e. The smallest absolute Gasteiger partial charge is 0.264 e. The number of nitrogens with one attached hydrogen (secondary N) is 1. The van der Waals surface area contributed by atoms with Gasteiger partial charge in [0.05, 0.1) is 17.7 Å². The molecule has 168 valence electrons. The fourth-order valence-electron chi connectivity index (χ4n) is 3.18. The zero-order chi connectivity index (χ0) is 23.4. The summed E-state index contributed by atoms with van der Waals surface area (Å²) in [5.41, 5.74) is 5.12. The molecule has 1 aliphatic heterocycles. The Morgan fingerprint density at radius 2 is 1.79 bits per heavy atom. The second kappa shape index (κ2) is 10.4. The normalized spacial score (nSPS) is 15.7. The van der Waals surface area contributed by atoms with Crippen molar-refractivity contribution in [1.29, 1.82) is 0 Å². The van der Waals surface area contributed by atoms with Gasteiger partial charge in [-0.05, 0) is 113 Å². The Bertz CT molecular complexity index is 1250. The Kier molecular flexibility index (Phi) is 7.39. The van der Waals surface area contributed by atoms with E-state index in [1.54, 1.807) is 7.11 Å². The molecular weight excluding hydrogens is 547 g/mol. The standard InChI is InChI=1S/C26H23IN2O3S/c1-16-4-10-21(12-17(16)2)28-26-29-25(30)24(33-26)14-19-7-11-22(23(13-19)31-3)32-15-18-5-8-20(27)9-6-18/h4-14H,15H2,1-3H3,(H,28,29,30)/b24-14-. The van der Waals surface area contributed by atoms with Crippen molar-refractivity contribution >= 4 is 57.2 Å². The fourth-order valence-corrected chi connectivity index (χ4v) is 4.38. The Labute approximate surface area is 211 Å². The van der Waals surface area contributed by atoms with Gasteiger partial charge in [0.15, 0.2) is 16.7 Å². The lowest BCUT2D eigenvalue weighted by Crippen LogP contribution is -2.19. The zero-order valence-corrected chi connectivity index (χ0v) is 21.5. The maximum absolute atomic E-state index is 12.5. The minimum atomic E-state index is -0.166. The number of amidine groups is 1. The Balaban J connectivity index is 1.48. The van der Waals surface area contributed by atoms with E-state index in [1.165, 1.54) is 26.5 Å². The number of halogens is 1. The third-order valence-corrected chi connectivity index (χ3v) is 6.79. The molecule has 0 aromatic heterocycles. The van der Waals surface area contributed by atoms with E-state index in [0.717, 1.165) is 16.8 Å². The van der Waals surface area contributed by atoms with Crippen LogP contribution in [-0.4, -0.2) is 18.2 Å². The van der Waals surface area contributed by atoms with Gasteiger partial charge in [-0.1, -0.05) is 24.3 Å². The van der Waals surface area contributed by atoms with Crippen LogP contribution in [-0.2, 0) is 11.4 Å². The number of aryl methyl sites for hydroxylation is 2. The minimum Gasteiger partial charge on any atom is -0.493 e. The molecule has 0 radical (unpaired) electrons. The summed E-state index contributed by atoms with van der Waals surface area (Å²) >= 11 is 3.60. The van der Waals surface area contributed by atoms with E-state index in [-0.39, 0.29) is 5.91 Å². The van der Waals surface area contributed by atoms with Crippen LogP contribution in [0.25, 0.3) is 6.08 Å². The molecular formula is C26H23IN2O3S. The third kappa shape index (κ3) is 5.97. The number of rotatable bonds is 6. The SMILES string of the molecule is COc1cc(/C=C2\SC(=Nc3ccc(C)c(C)c3)NC2=O)ccc1OCc1ccc(I)cc1. The minimum absolute atomic E-state index is 0.166. The Hall–Kier alpha value is -2.78. The molecule has 0 spiro atoms. The highest BCUT2D eigenvalue weighted by Crippen LogP contribution is 2.33. The number of aliphatic imine (C=N–C) groups is 1. The van der Waals surface area contributed by atoms with E-state index < -0.39 is 0 Å². The lowest BCUT2D eigenvalue weighted by atomic mass is 10.1. The zero-order valence-electron chi connectivity index (χ0n) is 18.5. The van der Waals surface area contributed by atoms with Crippen LogP contribution in [0.5, 0.6) is 11.5 Å². The predicted molar refractivity (Wildman–Crippen MR) is 143 cm³/mol. The molecule has 0 bridgehead atoms. The summed E-state index contributed by atoms with van der Waals surface area (Å²) in [6.07, 6.45) is 1.83. The lowest BCUT2D eigenvalue weighted by molar-refractivity contribution is -0.115. The van der Waals surface area contributed by atoms with Crippen molar-refractivity contribution in [2.75, 3.05) is 7.11 Å². The van der Waals surface area contributed by atoms with Gasteiger partial charge in [0.25, 0.3) is 5.91 Å². The van der Waals surface area contributed by atoms with Gasteiger partial charge in [-0.25, -0.2) is 4.99 Å². The van der Waals surface area contributed by atoms with Crippen LogP contribution in [0.4, 0.5) is 5.69 Å². The number of ether oxygens (including phenoxy) is 2. The Morgan fingerprint density at radius 1 is 1.00 bits per heavy atom. The molecule has 3 aromatic carbocycles. The summed E-state index contributed by atoms with van der Waals surface area (Å²) in [6.45, 7) is 4.56. The molecule has 1 heterocycles. The average Bonchev–Trinajstić information content (AvgIpc) is 3.14. The van der Waals surface area contributed by atoms with Crippen LogP contribution in [0.3, 0.4) is 0 Å². The highest BCUT2D eigenvalue weighted by molar-refractivity contribution is 14.1. The molecule has 4 rings (SSSR count). The maximum atomic E-state index is 12.5. The second-order valence-corrected chi connectivity index (χ2v) is 9.85. The number of benzene rings is 3. The van der Waals surface area contributed by atoms with Gasteiger partial charge in [0.1, 0.15) is 6.61 Å². The van der Waals surface area contributed by atoms with E-state index in [4.69, 9.17) is 9.47 Å². The molecule has 1 fully saturated rings. The second-order valence-electron chi connectivity index (χ2n) is 7.58. The van der Waals surface area contributed by atoms with E-state index in [1.807, 2.05) is 73.7 Å². The van der Waals surface area contributed by atoms with Crippen molar-refractivity contribution in [3.63, 3.8) is 0 Å². The highest BCUT2D eigenvalue weighted by Gasteiger charge is 2.24. The van der Waals surface area contributed by atoms with E-state index >= 15 is 0 Å². The number of methoxy groups -OCH3 is 1. The van der Waals surface area contributed by atoms with Crippen LogP contribution < -0.4 is 14.8 Å². The molecule has 0 saturated carbocycles. The van der Waals surface area contributed by atoms with Gasteiger partial charge in [0.2, 0.25) is 0 Å². The molecule has 1 saturated heterocycles.